The van der Waals surface area contributed by atoms with Gasteiger partial charge in [-0.1, -0.05) is 0 Å². The van der Waals surface area contributed by atoms with Crippen LogP contribution < -0.4 is 4.74 Å². The van der Waals surface area contributed by atoms with Crippen molar-refractivity contribution in [2.75, 3.05) is 25.4 Å². The number of hydrogen-bond acceptors (Lipinski definition) is 3. The monoisotopic (exact) mass is 277 g/mol. The molecule has 0 unspecified atom stereocenters. The van der Waals surface area contributed by atoms with Gasteiger partial charge in [0.25, 0.3) is 5.91 Å². The molecule has 19 heavy (non-hydrogen) atoms. The Morgan fingerprint density at radius 1 is 1.42 bits per heavy atom. The molecule has 2 heterocycles. The van der Waals surface area contributed by atoms with Crippen LogP contribution in [-0.2, 0) is 6.42 Å². The lowest BCUT2D eigenvalue weighted by Crippen LogP contribution is -2.46. The highest BCUT2D eigenvalue weighted by atomic mass is 32.2. The number of hydrogen-bond donors (Lipinski definition) is 0. The van der Waals surface area contributed by atoms with E-state index in [2.05, 4.69) is 13.8 Å². The topological polar surface area (TPSA) is 29.5 Å². The van der Waals surface area contributed by atoms with Crippen LogP contribution in [0, 0.1) is 0 Å². The van der Waals surface area contributed by atoms with Gasteiger partial charge >= 0.3 is 0 Å². The lowest BCUT2D eigenvalue weighted by molar-refractivity contribution is 0.0748. The van der Waals surface area contributed by atoms with E-state index in [1.165, 1.54) is 0 Å². The molecule has 2 aliphatic rings. The first-order chi connectivity index (χ1) is 9.05. The van der Waals surface area contributed by atoms with Crippen LogP contribution in [0.15, 0.2) is 18.2 Å². The number of rotatable bonds is 1. The molecule has 0 N–H and O–H groups in total. The van der Waals surface area contributed by atoms with E-state index in [0.717, 1.165) is 48.7 Å². The SMILES string of the molecule is CC1(C)CN(C(=O)c2ccc3c(c2)CCO3)CCS1. The van der Waals surface area contributed by atoms with Gasteiger partial charge in [-0.25, -0.2) is 0 Å². The van der Waals surface area contributed by atoms with Crippen molar-refractivity contribution in [3.05, 3.63) is 29.3 Å². The first kappa shape index (κ1) is 12.9. The first-order valence-corrected chi connectivity index (χ1v) is 7.73. The number of fused-ring (bicyclic) bond motifs is 1. The summed E-state index contributed by atoms with van der Waals surface area (Å²) >= 11 is 1.94. The Labute approximate surface area is 118 Å². The zero-order chi connectivity index (χ0) is 13.5. The number of carbonyl (C=O) groups is 1. The Morgan fingerprint density at radius 2 is 2.26 bits per heavy atom. The van der Waals surface area contributed by atoms with Gasteiger partial charge in [0.15, 0.2) is 0 Å². The van der Waals surface area contributed by atoms with Crippen molar-refractivity contribution in [3.63, 3.8) is 0 Å². The number of carbonyl (C=O) groups excluding carboxylic acids is 1. The minimum Gasteiger partial charge on any atom is -0.493 e. The second-order valence-corrected chi connectivity index (χ2v) is 7.56. The molecule has 0 saturated carbocycles. The summed E-state index contributed by atoms with van der Waals surface area (Å²) in [5.41, 5.74) is 1.96. The van der Waals surface area contributed by atoms with E-state index in [-0.39, 0.29) is 10.7 Å². The zero-order valence-electron chi connectivity index (χ0n) is 11.4. The van der Waals surface area contributed by atoms with E-state index in [1.54, 1.807) is 0 Å². The average Bonchev–Trinajstić information content (AvgIpc) is 2.83. The molecule has 102 valence electrons. The quantitative estimate of drug-likeness (QED) is 0.790. The standard InChI is InChI=1S/C15H19NO2S/c1-15(2)10-16(6-8-19-15)14(17)12-3-4-13-11(9-12)5-7-18-13/h3-4,9H,5-8,10H2,1-2H3. The maximum atomic E-state index is 12.6. The van der Waals surface area contributed by atoms with Gasteiger partial charge in [0.05, 0.1) is 6.61 Å². The summed E-state index contributed by atoms with van der Waals surface area (Å²) in [6, 6.07) is 5.82. The van der Waals surface area contributed by atoms with E-state index in [1.807, 2.05) is 34.9 Å². The van der Waals surface area contributed by atoms with E-state index in [4.69, 9.17) is 4.74 Å². The number of benzene rings is 1. The minimum atomic E-state index is 0.156. The van der Waals surface area contributed by atoms with Crippen LogP contribution in [-0.4, -0.2) is 41.0 Å². The fraction of sp³-hybridized carbons (Fsp3) is 0.533. The molecule has 1 aromatic carbocycles. The molecule has 1 amide bonds. The van der Waals surface area contributed by atoms with Gasteiger partial charge in [-0.2, -0.15) is 11.8 Å². The third-order valence-electron chi connectivity index (χ3n) is 3.65. The largest absolute Gasteiger partial charge is 0.493 e. The van der Waals surface area contributed by atoms with Crippen LogP contribution in [0.5, 0.6) is 5.75 Å². The van der Waals surface area contributed by atoms with Crippen molar-refractivity contribution in [2.45, 2.75) is 25.0 Å². The molecule has 0 bridgehead atoms. The molecule has 4 heteroatoms. The van der Waals surface area contributed by atoms with Crippen molar-refractivity contribution < 1.29 is 9.53 Å². The van der Waals surface area contributed by atoms with Crippen molar-refractivity contribution >= 4 is 17.7 Å². The van der Waals surface area contributed by atoms with Crippen LogP contribution in [0.3, 0.4) is 0 Å². The number of amides is 1. The van der Waals surface area contributed by atoms with Gasteiger partial charge in [0.1, 0.15) is 5.75 Å². The fourth-order valence-electron chi connectivity index (χ4n) is 2.69. The predicted octanol–water partition coefficient (Wildman–Crippen LogP) is 2.59. The summed E-state index contributed by atoms with van der Waals surface area (Å²) < 4.78 is 5.64. The lowest BCUT2D eigenvalue weighted by Gasteiger charge is -2.37. The van der Waals surface area contributed by atoms with Gasteiger partial charge < -0.3 is 9.64 Å². The molecule has 0 atom stereocenters. The van der Waals surface area contributed by atoms with Gasteiger partial charge in [-0.15, -0.1) is 0 Å². The second-order valence-electron chi connectivity index (χ2n) is 5.76. The first-order valence-electron chi connectivity index (χ1n) is 6.74. The molecular weight excluding hydrogens is 258 g/mol. The average molecular weight is 277 g/mol. The molecule has 0 radical (unpaired) electrons. The molecule has 1 fully saturated rings. The van der Waals surface area contributed by atoms with Crippen LogP contribution in [0.2, 0.25) is 0 Å². The molecule has 3 nitrogen and oxygen atoms in total. The molecule has 1 saturated heterocycles. The molecule has 0 aliphatic carbocycles. The van der Waals surface area contributed by atoms with E-state index >= 15 is 0 Å². The Hall–Kier alpha value is -1.16. The van der Waals surface area contributed by atoms with E-state index in [0.29, 0.717) is 0 Å². The van der Waals surface area contributed by atoms with Crippen molar-refractivity contribution in [3.8, 4) is 5.75 Å². The maximum absolute atomic E-state index is 12.6. The third-order valence-corrected chi connectivity index (χ3v) is 4.95. The molecule has 1 aromatic rings. The summed E-state index contributed by atoms with van der Waals surface area (Å²) in [5, 5.41) is 0. The molecule has 3 rings (SSSR count). The summed E-state index contributed by atoms with van der Waals surface area (Å²) in [5.74, 6) is 2.11. The summed E-state index contributed by atoms with van der Waals surface area (Å²) in [6.45, 7) is 6.81. The summed E-state index contributed by atoms with van der Waals surface area (Å²) in [4.78, 5) is 14.5. The smallest absolute Gasteiger partial charge is 0.253 e. The predicted molar refractivity (Wildman–Crippen MR) is 78.1 cm³/mol. The van der Waals surface area contributed by atoms with E-state index < -0.39 is 0 Å². The van der Waals surface area contributed by atoms with Crippen molar-refractivity contribution in [1.29, 1.82) is 0 Å². The van der Waals surface area contributed by atoms with Crippen LogP contribution in [0.4, 0.5) is 0 Å². The minimum absolute atomic E-state index is 0.156. The molecule has 0 aromatic heterocycles. The van der Waals surface area contributed by atoms with Crippen LogP contribution >= 0.6 is 11.8 Å². The second kappa shape index (κ2) is 4.75. The maximum Gasteiger partial charge on any atom is 0.253 e. The number of ether oxygens (including phenoxy) is 1. The molecule has 0 spiro atoms. The van der Waals surface area contributed by atoms with Gasteiger partial charge in [-0.05, 0) is 37.6 Å². The third kappa shape index (κ3) is 2.59. The zero-order valence-corrected chi connectivity index (χ0v) is 12.3. The Bertz CT molecular complexity index is 513. The van der Waals surface area contributed by atoms with Crippen molar-refractivity contribution in [1.82, 2.24) is 4.90 Å². The van der Waals surface area contributed by atoms with Gasteiger partial charge in [0.2, 0.25) is 0 Å². The van der Waals surface area contributed by atoms with Gasteiger partial charge in [-0.3, -0.25) is 4.79 Å². The number of thioether (sulfide) groups is 1. The normalized spacial score (nSPS) is 20.8. The fourth-order valence-corrected chi connectivity index (χ4v) is 3.80. The Balaban J connectivity index is 1.80. The molecular formula is C15H19NO2S. The van der Waals surface area contributed by atoms with E-state index in [9.17, 15) is 4.79 Å². The summed E-state index contributed by atoms with van der Waals surface area (Å²) in [6.07, 6.45) is 0.914. The Morgan fingerprint density at radius 3 is 3.05 bits per heavy atom. The summed E-state index contributed by atoms with van der Waals surface area (Å²) in [7, 11) is 0. The number of nitrogens with zero attached hydrogens (tertiary/aromatic N) is 1. The highest BCUT2D eigenvalue weighted by Gasteiger charge is 2.30. The van der Waals surface area contributed by atoms with Gasteiger partial charge in [0, 0.05) is 35.6 Å². The van der Waals surface area contributed by atoms with Crippen LogP contribution in [0.25, 0.3) is 0 Å². The Kier molecular flexibility index (Phi) is 3.21. The van der Waals surface area contributed by atoms with Crippen molar-refractivity contribution in [2.24, 2.45) is 0 Å². The molecule has 2 aliphatic heterocycles. The highest BCUT2D eigenvalue weighted by molar-refractivity contribution is 8.00. The lowest BCUT2D eigenvalue weighted by atomic mass is 10.1. The highest BCUT2D eigenvalue weighted by Crippen LogP contribution is 2.31. The van der Waals surface area contributed by atoms with Crippen LogP contribution in [0.1, 0.15) is 29.8 Å².